The van der Waals surface area contributed by atoms with Crippen LogP contribution in [0.1, 0.15) is 5.56 Å². The Morgan fingerprint density at radius 1 is 1.33 bits per heavy atom. The van der Waals surface area contributed by atoms with Crippen LogP contribution in [0.4, 0.5) is 0 Å². The molecule has 0 amide bonds. The fraction of sp³-hybridized carbons (Fsp3) is 0.111. The van der Waals surface area contributed by atoms with Gasteiger partial charge in [0.25, 0.3) is 0 Å². The predicted octanol–water partition coefficient (Wildman–Crippen LogP) is 1.64. The Labute approximate surface area is 69.7 Å². The molecule has 3 heteroatoms. The minimum Gasteiger partial charge on any atom is -0.508 e. The summed E-state index contributed by atoms with van der Waals surface area (Å²) in [4.78, 5) is 7.94. The van der Waals surface area contributed by atoms with E-state index in [1.165, 1.54) is 6.33 Å². The summed E-state index contributed by atoms with van der Waals surface area (Å²) in [6, 6.07) is 3.33. The van der Waals surface area contributed by atoms with Crippen LogP contribution in [-0.4, -0.2) is 15.1 Å². The van der Waals surface area contributed by atoms with Crippen LogP contribution in [0.5, 0.6) is 5.75 Å². The molecule has 0 aliphatic carbocycles. The first-order valence-corrected chi connectivity index (χ1v) is 3.67. The first kappa shape index (κ1) is 7.03. The Morgan fingerprint density at radius 2 is 2.17 bits per heavy atom. The summed E-state index contributed by atoms with van der Waals surface area (Å²) in [6.07, 6.45) is 3.22. The third kappa shape index (κ3) is 0.993. The average Bonchev–Trinajstić information content (AvgIpc) is 2.04. The summed E-state index contributed by atoms with van der Waals surface area (Å²) < 4.78 is 0. The van der Waals surface area contributed by atoms with E-state index in [4.69, 9.17) is 0 Å². The summed E-state index contributed by atoms with van der Waals surface area (Å²) in [6.45, 7) is 1.92. The van der Waals surface area contributed by atoms with Crippen molar-refractivity contribution < 1.29 is 5.11 Å². The van der Waals surface area contributed by atoms with Crippen molar-refractivity contribution in [2.24, 2.45) is 0 Å². The highest BCUT2D eigenvalue weighted by molar-refractivity contribution is 5.82. The maximum atomic E-state index is 9.25. The minimum atomic E-state index is 0.249. The number of aromatic hydroxyl groups is 1. The summed E-state index contributed by atoms with van der Waals surface area (Å²) in [7, 11) is 0. The van der Waals surface area contributed by atoms with Gasteiger partial charge in [-0.1, -0.05) is 0 Å². The highest BCUT2D eigenvalue weighted by Gasteiger charge is 1.99. The van der Waals surface area contributed by atoms with Crippen LogP contribution >= 0.6 is 0 Å². The lowest BCUT2D eigenvalue weighted by Crippen LogP contribution is -1.83. The number of rotatable bonds is 0. The maximum Gasteiger partial charge on any atom is 0.118 e. The van der Waals surface area contributed by atoms with Gasteiger partial charge in [0.15, 0.2) is 0 Å². The lowest BCUT2D eigenvalue weighted by Gasteiger charge is -2.00. The van der Waals surface area contributed by atoms with Gasteiger partial charge in [-0.3, -0.25) is 0 Å². The molecule has 1 N–H and O–H groups in total. The summed E-state index contributed by atoms with van der Waals surface area (Å²) >= 11 is 0. The van der Waals surface area contributed by atoms with Crippen molar-refractivity contribution >= 4 is 10.9 Å². The first-order valence-electron chi connectivity index (χ1n) is 3.67. The number of aryl methyl sites for hydroxylation is 1. The van der Waals surface area contributed by atoms with Crippen LogP contribution in [-0.2, 0) is 0 Å². The molecule has 0 atom stereocenters. The second-order valence-electron chi connectivity index (χ2n) is 2.72. The van der Waals surface area contributed by atoms with E-state index in [9.17, 15) is 5.11 Å². The van der Waals surface area contributed by atoms with Crippen molar-refractivity contribution in [1.82, 2.24) is 9.97 Å². The summed E-state index contributed by atoms with van der Waals surface area (Å²) in [5.41, 5.74) is 1.77. The summed E-state index contributed by atoms with van der Waals surface area (Å²) in [5.74, 6) is 0.249. The summed E-state index contributed by atoms with van der Waals surface area (Å²) in [5, 5.41) is 10.2. The van der Waals surface area contributed by atoms with Crippen molar-refractivity contribution in [3.63, 3.8) is 0 Å². The molecule has 0 bridgehead atoms. The molecule has 3 nitrogen and oxygen atoms in total. The first-order chi connectivity index (χ1) is 5.77. The monoisotopic (exact) mass is 160 g/mol. The molecule has 0 unspecified atom stereocenters. The van der Waals surface area contributed by atoms with E-state index < -0.39 is 0 Å². The average molecular weight is 160 g/mol. The molecule has 1 aromatic heterocycles. The number of hydrogen-bond acceptors (Lipinski definition) is 3. The van der Waals surface area contributed by atoms with Crippen LogP contribution in [0.15, 0.2) is 24.7 Å². The highest BCUT2D eigenvalue weighted by Crippen LogP contribution is 2.20. The van der Waals surface area contributed by atoms with Crippen LogP contribution in [0.2, 0.25) is 0 Å². The maximum absolute atomic E-state index is 9.25. The minimum absolute atomic E-state index is 0.249. The largest absolute Gasteiger partial charge is 0.508 e. The number of aromatic nitrogens is 2. The zero-order valence-electron chi connectivity index (χ0n) is 6.65. The third-order valence-corrected chi connectivity index (χ3v) is 1.82. The topological polar surface area (TPSA) is 46.0 Å². The van der Waals surface area contributed by atoms with Gasteiger partial charge >= 0.3 is 0 Å². The van der Waals surface area contributed by atoms with Gasteiger partial charge in [0.05, 0.1) is 5.52 Å². The zero-order valence-corrected chi connectivity index (χ0v) is 6.65. The van der Waals surface area contributed by atoms with E-state index in [0.29, 0.717) is 0 Å². The second kappa shape index (κ2) is 2.44. The smallest absolute Gasteiger partial charge is 0.118 e. The van der Waals surface area contributed by atoms with E-state index in [-0.39, 0.29) is 5.75 Å². The lowest BCUT2D eigenvalue weighted by atomic mass is 10.1. The van der Waals surface area contributed by atoms with Gasteiger partial charge in [0, 0.05) is 17.6 Å². The highest BCUT2D eigenvalue weighted by atomic mass is 16.3. The van der Waals surface area contributed by atoms with Crippen LogP contribution < -0.4 is 0 Å². The molecule has 0 radical (unpaired) electrons. The van der Waals surface area contributed by atoms with Crippen LogP contribution in [0.25, 0.3) is 10.9 Å². The molecule has 2 aromatic rings. The number of fused-ring (bicyclic) bond motifs is 1. The van der Waals surface area contributed by atoms with Crippen molar-refractivity contribution in [2.45, 2.75) is 6.92 Å². The van der Waals surface area contributed by atoms with Gasteiger partial charge in [0.2, 0.25) is 0 Å². The Morgan fingerprint density at radius 3 is 3.00 bits per heavy atom. The molecule has 12 heavy (non-hydrogen) atoms. The van der Waals surface area contributed by atoms with Crippen molar-refractivity contribution in [1.29, 1.82) is 0 Å². The predicted molar refractivity (Wildman–Crippen MR) is 45.9 cm³/mol. The van der Waals surface area contributed by atoms with Crippen LogP contribution in [0, 0.1) is 6.92 Å². The molecule has 2 rings (SSSR count). The van der Waals surface area contributed by atoms with Gasteiger partial charge in [-0.25, -0.2) is 9.97 Å². The van der Waals surface area contributed by atoms with Gasteiger partial charge in [0.1, 0.15) is 12.1 Å². The van der Waals surface area contributed by atoms with E-state index in [0.717, 1.165) is 16.5 Å². The molecule has 1 heterocycles. The fourth-order valence-corrected chi connectivity index (χ4v) is 1.24. The van der Waals surface area contributed by atoms with Crippen molar-refractivity contribution in [2.75, 3.05) is 0 Å². The normalized spacial score (nSPS) is 10.4. The number of phenols is 1. The Hall–Kier alpha value is -1.64. The molecule has 0 saturated heterocycles. The van der Waals surface area contributed by atoms with Crippen molar-refractivity contribution in [3.8, 4) is 5.75 Å². The number of phenolic OH excluding ortho intramolecular Hbond substituents is 1. The van der Waals surface area contributed by atoms with Gasteiger partial charge < -0.3 is 5.11 Å². The van der Waals surface area contributed by atoms with E-state index in [1.807, 2.05) is 6.92 Å². The van der Waals surface area contributed by atoms with Gasteiger partial charge in [-0.15, -0.1) is 0 Å². The molecule has 0 saturated carbocycles. The number of nitrogens with zero attached hydrogens (tertiary/aromatic N) is 2. The molecular formula is C9H8N2O. The van der Waals surface area contributed by atoms with Gasteiger partial charge in [-0.05, 0) is 18.6 Å². The fourth-order valence-electron chi connectivity index (χ4n) is 1.24. The molecule has 1 aromatic carbocycles. The standard InChI is InChI=1S/C9H8N2O/c1-6-2-7(12)3-9-8(6)4-10-5-11-9/h2-5,12H,1H3. The van der Waals surface area contributed by atoms with Crippen LogP contribution in [0.3, 0.4) is 0 Å². The molecule has 0 aliphatic heterocycles. The Balaban J connectivity index is 2.89. The molecule has 0 aliphatic rings. The van der Waals surface area contributed by atoms with E-state index in [1.54, 1.807) is 18.3 Å². The number of benzene rings is 1. The number of hydrogen-bond donors (Lipinski definition) is 1. The molecule has 60 valence electrons. The van der Waals surface area contributed by atoms with E-state index >= 15 is 0 Å². The Bertz CT molecular complexity index is 426. The molecular weight excluding hydrogens is 152 g/mol. The molecule has 0 spiro atoms. The quantitative estimate of drug-likeness (QED) is 0.637. The van der Waals surface area contributed by atoms with E-state index in [2.05, 4.69) is 9.97 Å². The Kier molecular flexibility index (Phi) is 1.43. The third-order valence-electron chi connectivity index (χ3n) is 1.82. The molecule has 0 fully saturated rings. The lowest BCUT2D eigenvalue weighted by molar-refractivity contribution is 0.475. The van der Waals surface area contributed by atoms with Gasteiger partial charge in [-0.2, -0.15) is 0 Å². The SMILES string of the molecule is Cc1cc(O)cc2ncncc12. The van der Waals surface area contributed by atoms with Crippen molar-refractivity contribution in [3.05, 3.63) is 30.2 Å². The zero-order chi connectivity index (χ0) is 8.55. The second-order valence-corrected chi connectivity index (χ2v) is 2.72.